The molecule has 2 aromatic carbocycles. The molecule has 2 N–H and O–H groups in total. The molecule has 19 heavy (non-hydrogen) atoms. The van der Waals surface area contributed by atoms with Gasteiger partial charge in [-0.05, 0) is 84.0 Å². The van der Waals surface area contributed by atoms with E-state index in [1.165, 1.54) is 0 Å². The van der Waals surface area contributed by atoms with Gasteiger partial charge in [-0.1, -0.05) is 0 Å². The van der Waals surface area contributed by atoms with E-state index in [0.29, 0.717) is 5.56 Å². The molecule has 0 bridgehead atoms. The number of aromatic hydroxyl groups is 1. The topological polar surface area (TPSA) is 49.3 Å². The highest BCUT2D eigenvalue weighted by Gasteiger charge is 2.09. The fourth-order valence-electron chi connectivity index (χ4n) is 1.73. The summed E-state index contributed by atoms with van der Waals surface area (Å²) in [5, 5.41) is 12.5. The Morgan fingerprint density at radius 3 is 2.37 bits per heavy atom. The maximum Gasteiger partial charge on any atom is 0.255 e. The van der Waals surface area contributed by atoms with Gasteiger partial charge in [-0.15, -0.1) is 0 Å². The largest absolute Gasteiger partial charge is 0.508 e. The Kier molecular flexibility index (Phi) is 4.09. The van der Waals surface area contributed by atoms with Crippen molar-refractivity contribution in [3.63, 3.8) is 0 Å². The maximum absolute atomic E-state index is 12.1. The van der Waals surface area contributed by atoms with Gasteiger partial charge < -0.3 is 10.4 Å². The average molecular weight is 367 g/mol. The zero-order valence-corrected chi connectivity index (χ0v) is 12.9. The summed E-state index contributed by atoms with van der Waals surface area (Å²) in [5.41, 5.74) is 2.91. The van der Waals surface area contributed by atoms with Crippen molar-refractivity contribution in [3.8, 4) is 5.75 Å². The number of aryl methyl sites for hydroxylation is 2. The first-order chi connectivity index (χ1) is 8.97. The molecule has 1 amide bonds. The van der Waals surface area contributed by atoms with E-state index in [1.807, 2.05) is 19.1 Å². The van der Waals surface area contributed by atoms with Crippen LogP contribution in [0.3, 0.4) is 0 Å². The van der Waals surface area contributed by atoms with Crippen molar-refractivity contribution in [1.82, 2.24) is 0 Å². The third-order valence-corrected chi connectivity index (χ3v) is 3.62. The van der Waals surface area contributed by atoms with Crippen LogP contribution in [0.5, 0.6) is 5.75 Å². The number of amides is 1. The Hall–Kier alpha value is -1.56. The fourth-order valence-corrected chi connectivity index (χ4v) is 2.09. The summed E-state index contributed by atoms with van der Waals surface area (Å²) in [6, 6.07) is 10.8. The Labute approximate surface area is 125 Å². The molecule has 2 aromatic rings. The third-order valence-electron chi connectivity index (χ3n) is 2.90. The number of phenols is 1. The summed E-state index contributed by atoms with van der Waals surface area (Å²) in [7, 11) is 0. The maximum atomic E-state index is 12.1. The Balaban J connectivity index is 2.24. The third kappa shape index (κ3) is 3.26. The smallest absolute Gasteiger partial charge is 0.255 e. The quantitative estimate of drug-likeness (QED) is 0.626. The second-order valence-corrected chi connectivity index (χ2v) is 5.66. The minimum absolute atomic E-state index is 0.149. The molecule has 0 aliphatic heterocycles. The first-order valence-electron chi connectivity index (χ1n) is 5.84. The van der Waals surface area contributed by atoms with Crippen LogP contribution in [0.1, 0.15) is 21.5 Å². The summed E-state index contributed by atoms with van der Waals surface area (Å²) < 4.78 is 1.09. The molecule has 0 radical (unpaired) electrons. The Morgan fingerprint density at radius 2 is 1.74 bits per heavy atom. The van der Waals surface area contributed by atoms with Crippen LogP contribution in [0.2, 0.25) is 0 Å². The number of halogens is 1. The van der Waals surface area contributed by atoms with E-state index < -0.39 is 0 Å². The number of rotatable bonds is 2. The number of nitrogens with one attached hydrogen (secondary N) is 1. The molecule has 0 aliphatic carbocycles. The van der Waals surface area contributed by atoms with Crippen LogP contribution in [-0.4, -0.2) is 11.0 Å². The molecule has 3 nitrogen and oxygen atoms in total. The highest BCUT2D eigenvalue weighted by atomic mass is 127. The molecule has 98 valence electrons. The van der Waals surface area contributed by atoms with Crippen LogP contribution in [0.15, 0.2) is 36.4 Å². The van der Waals surface area contributed by atoms with Gasteiger partial charge in [0.1, 0.15) is 5.75 Å². The number of carbonyl (C=O) groups is 1. The summed E-state index contributed by atoms with van der Waals surface area (Å²) in [6.45, 7) is 3.65. The van der Waals surface area contributed by atoms with Crippen molar-refractivity contribution in [3.05, 3.63) is 56.7 Å². The summed E-state index contributed by atoms with van der Waals surface area (Å²) >= 11 is 2.20. The molecule has 0 atom stereocenters. The van der Waals surface area contributed by atoms with Crippen LogP contribution >= 0.6 is 22.6 Å². The number of hydrogen-bond donors (Lipinski definition) is 2. The number of anilines is 1. The number of phenolic OH excluding ortho intramolecular Hbond substituents is 1. The zero-order chi connectivity index (χ0) is 14.0. The Morgan fingerprint density at radius 1 is 1.11 bits per heavy atom. The van der Waals surface area contributed by atoms with Gasteiger partial charge in [-0.3, -0.25) is 4.79 Å². The van der Waals surface area contributed by atoms with Crippen molar-refractivity contribution in [2.75, 3.05) is 5.32 Å². The molecule has 0 heterocycles. The molecule has 0 aliphatic rings. The van der Waals surface area contributed by atoms with Crippen molar-refractivity contribution in [2.24, 2.45) is 0 Å². The van der Waals surface area contributed by atoms with Gasteiger partial charge in [0.15, 0.2) is 0 Å². The molecule has 0 saturated heterocycles. The van der Waals surface area contributed by atoms with E-state index >= 15 is 0 Å². The number of hydrogen-bond acceptors (Lipinski definition) is 2. The minimum Gasteiger partial charge on any atom is -0.508 e. The van der Waals surface area contributed by atoms with E-state index in [9.17, 15) is 9.90 Å². The lowest BCUT2D eigenvalue weighted by Gasteiger charge is -2.10. The standard InChI is InChI=1S/C15H14INO2/c1-9-8-14(18)10(2)7-13(9)17-15(19)11-3-5-12(16)6-4-11/h3-8,18H,1-2H3,(H,17,19). The lowest BCUT2D eigenvalue weighted by Crippen LogP contribution is -2.12. The van der Waals surface area contributed by atoms with Crippen LogP contribution < -0.4 is 5.32 Å². The second kappa shape index (κ2) is 5.61. The van der Waals surface area contributed by atoms with E-state index in [1.54, 1.807) is 31.2 Å². The van der Waals surface area contributed by atoms with Gasteiger partial charge in [0.25, 0.3) is 5.91 Å². The molecular weight excluding hydrogens is 353 g/mol. The van der Waals surface area contributed by atoms with Crippen molar-refractivity contribution in [2.45, 2.75) is 13.8 Å². The van der Waals surface area contributed by atoms with Crippen molar-refractivity contribution < 1.29 is 9.90 Å². The predicted molar refractivity (Wildman–Crippen MR) is 84.7 cm³/mol. The molecule has 0 fully saturated rings. The van der Waals surface area contributed by atoms with Crippen LogP contribution in [0.25, 0.3) is 0 Å². The molecular formula is C15H14INO2. The summed E-state index contributed by atoms with van der Waals surface area (Å²) in [6.07, 6.45) is 0. The average Bonchev–Trinajstić information content (AvgIpc) is 2.36. The van der Waals surface area contributed by atoms with Gasteiger partial charge in [0.05, 0.1) is 0 Å². The molecule has 0 saturated carbocycles. The highest BCUT2D eigenvalue weighted by molar-refractivity contribution is 14.1. The van der Waals surface area contributed by atoms with Gasteiger partial charge in [0, 0.05) is 14.8 Å². The highest BCUT2D eigenvalue weighted by Crippen LogP contribution is 2.25. The fraction of sp³-hybridized carbons (Fsp3) is 0.133. The number of benzene rings is 2. The molecule has 0 aromatic heterocycles. The first-order valence-corrected chi connectivity index (χ1v) is 6.92. The van der Waals surface area contributed by atoms with E-state index in [0.717, 1.165) is 20.4 Å². The summed E-state index contributed by atoms with van der Waals surface area (Å²) in [5.74, 6) is 0.0920. The monoisotopic (exact) mass is 367 g/mol. The summed E-state index contributed by atoms with van der Waals surface area (Å²) in [4.78, 5) is 12.1. The second-order valence-electron chi connectivity index (χ2n) is 4.41. The lowest BCUT2D eigenvalue weighted by molar-refractivity contribution is 0.102. The number of carbonyl (C=O) groups excluding carboxylic acids is 1. The van der Waals surface area contributed by atoms with Crippen LogP contribution in [-0.2, 0) is 0 Å². The van der Waals surface area contributed by atoms with Gasteiger partial charge in [-0.25, -0.2) is 0 Å². The zero-order valence-electron chi connectivity index (χ0n) is 10.7. The molecule has 4 heteroatoms. The van der Waals surface area contributed by atoms with Crippen LogP contribution in [0, 0.1) is 17.4 Å². The van der Waals surface area contributed by atoms with Crippen molar-refractivity contribution in [1.29, 1.82) is 0 Å². The first kappa shape index (κ1) is 13.9. The van der Waals surface area contributed by atoms with E-state index in [4.69, 9.17) is 0 Å². The molecule has 0 unspecified atom stereocenters. The van der Waals surface area contributed by atoms with Crippen molar-refractivity contribution >= 4 is 34.2 Å². The molecule has 2 rings (SSSR count). The van der Waals surface area contributed by atoms with E-state index in [2.05, 4.69) is 27.9 Å². The van der Waals surface area contributed by atoms with Gasteiger partial charge >= 0.3 is 0 Å². The van der Waals surface area contributed by atoms with E-state index in [-0.39, 0.29) is 11.7 Å². The Bertz CT molecular complexity index is 621. The van der Waals surface area contributed by atoms with Gasteiger partial charge in [0.2, 0.25) is 0 Å². The minimum atomic E-state index is -0.149. The normalized spacial score (nSPS) is 10.3. The molecule has 0 spiro atoms. The van der Waals surface area contributed by atoms with Gasteiger partial charge in [-0.2, -0.15) is 0 Å². The SMILES string of the molecule is Cc1cc(NC(=O)c2ccc(I)cc2)c(C)cc1O. The van der Waals surface area contributed by atoms with Crippen LogP contribution in [0.4, 0.5) is 5.69 Å². The predicted octanol–water partition coefficient (Wildman–Crippen LogP) is 3.87. The lowest BCUT2D eigenvalue weighted by atomic mass is 10.1.